The largest absolute Gasteiger partial charge is 0.481 e. The predicted octanol–water partition coefficient (Wildman–Crippen LogP) is -3.33. The van der Waals surface area contributed by atoms with Gasteiger partial charge in [-0.25, -0.2) is 4.79 Å². The fraction of sp³-hybridized carbons (Fsp3) is 0.500. The van der Waals surface area contributed by atoms with Gasteiger partial charge in [-0.3, -0.25) is 43.2 Å². The van der Waals surface area contributed by atoms with Crippen molar-refractivity contribution in [1.82, 2.24) is 31.9 Å². The molecule has 1 rings (SSSR count). The van der Waals surface area contributed by atoms with Gasteiger partial charge in [0.2, 0.25) is 35.4 Å². The third-order valence-electron chi connectivity index (χ3n) is 7.30. The van der Waals surface area contributed by atoms with Crippen LogP contribution in [0.2, 0.25) is 0 Å². The van der Waals surface area contributed by atoms with Crippen LogP contribution in [0, 0.1) is 5.92 Å². The van der Waals surface area contributed by atoms with E-state index in [1.807, 2.05) is 0 Å². The highest BCUT2D eigenvalue weighted by Gasteiger charge is 2.33. The molecular weight excluding hydrogens is 706 g/mol. The van der Waals surface area contributed by atoms with E-state index in [0.717, 1.165) is 0 Å². The standard InChI is InChI=1S/C32H45N7O14/c1-15(2)26(39-30(50)21(13-25(45)46)37-27(47)16(3)33)31(51)34-14-22(40)35-20(12-24(43)44)29(49)38-19(11-17-7-5-4-6-8-17)28(48)36-18(32(52)53)9-10-23(41)42/h4-8,15-16,18-21,26H,9-14,33H2,1-3H3,(H,34,51)(H,35,40)(H,36,48)(H,37,47)(H,38,49)(H,39,50)(H,41,42)(H,43,44)(H,45,46)(H,52,53)/t16-,18-,19-,20-,21-,26-/m0/s1. The van der Waals surface area contributed by atoms with E-state index in [1.54, 1.807) is 30.3 Å². The van der Waals surface area contributed by atoms with E-state index >= 15 is 0 Å². The summed E-state index contributed by atoms with van der Waals surface area (Å²) in [7, 11) is 0. The summed E-state index contributed by atoms with van der Waals surface area (Å²) in [6, 6.07) is -0.985. The van der Waals surface area contributed by atoms with Gasteiger partial charge in [0.25, 0.3) is 0 Å². The molecule has 0 saturated heterocycles. The molecule has 21 nitrogen and oxygen atoms in total. The molecule has 0 aliphatic carbocycles. The van der Waals surface area contributed by atoms with Crippen molar-refractivity contribution < 1.29 is 68.4 Å². The molecule has 292 valence electrons. The summed E-state index contributed by atoms with van der Waals surface area (Å²) in [6.07, 6.45) is -3.15. The number of nitrogens with one attached hydrogen (secondary N) is 6. The number of amides is 6. The van der Waals surface area contributed by atoms with Gasteiger partial charge in [0.1, 0.15) is 30.2 Å². The summed E-state index contributed by atoms with van der Waals surface area (Å²) >= 11 is 0. The van der Waals surface area contributed by atoms with Crippen LogP contribution in [0.5, 0.6) is 0 Å². The summed E-state index contributed by atoms with van der Waals surface area (Å²) in [4.78, 5) is 123. The van der Waals surface area contributed by atoms with Crippen molar-refractivity contribution in [3.05, 3.63) is 35.9 Å². The van der Waals surface area contributed by atoms with E-state index in [4.69, 9.17) is 15.9 Å². The zero-order chi connectivity index (χ0) is 40.4. The molecule has 1 aromatic carbocycles. The number of hydrogen-bond donors (Lipinski definition) is 11. The second kappa shape index (κ2) is 22.0. The van der Waals surface area contributed by atoms with Crippen LogP contribution in [-0.4, -0.2) is 123 Å². The first-order valence-corrected chi connectivity index (χ1v) is 16.2. The third kappa shape index (κ3) is 17.1. The lowest BCUT2D eigenvalue weighted by atomic mass is 10.0. The minimum Gasteiger partial charge on any atom is -0.481 e. The van der Waals surface area contributed by atoms with Crippen molar-refractivity contribution in [2.75, 3.05) is 6.54 Å². The Balaban J connectivity index is 3.11. The SMILES string of the molecule is CC(C)[C@H](NC(=O)[C@H](CC(=O)O)NC(=O)[C@H](C)N)C(=O)NCC(=O)N[C@@H](CC(=O)O)C(=O)N[C@@H](Cc1ccccc1)C(=O)N[C@@H](CCC(=O)O)C(=O)O. The number of carbonyl (C=O) groups is 10. The molecule has 21 heteroatoms. The van der Waals surface area contributed by atoms with Gasteiger partial charge in [0.15, 0.2) is 0 Å². The van der Waals surface area contributed by atoms with Gasteiger partial charge in [-0.1, -0.05) is 44.2 Å². The average Bonchev–Trinajstić information content (AvgIpc) is 3.06. The lowest BCUT2D eigenvalue weighted by Gasteiger charge is -2.25. The summed E-state index contributed by atoms with van der Waals surface area (Å²) in [6.45, 7) is 3.48. The molecule has 0 aliphatic heterocycles. The molecule has 1 aromatic rings. The van der Waals surface area contributed by atoms with Gasteiger partial charge in [0.05, 0.1) is 25.4 Å². The van der Waals surface area contributed by atoms with Gasteiger partial charge in [0, 0.05) is 12.8 Å². The van der Waals surface area contributed by atoms with Crippen molar-refractivity contribution in [3.8, 4) is 0 Å². The van der Waals surface area contributed by atoms with Crippen molar-refractivity contribution >= 4 is 59.3 Å². The van der Waals surface area contributed by atoms with Gasteiger partial charge in [-0.15, -0.1) is 0 Å². The number of benzene rings is 1. The van der Waals surface area contributed by atoms with Crippen LogP contribution >= 0.6 is 0 Å². The maximum absolute atomic E-state index is 13.3. The Kier molecular flexibility index (Phi) is 18.6. The first-order valence-electron chi connectivity index (χ1n) is 16.2. The second-order valence-electron chi connectivity index (χ2n) is 12.2. The zero-order valence-corrected chi connectivity index (χ0v) is 29.1. The summed E-state index contributed by atoms with van der Waals surface area (Å²) in [5, 5.41) is 50.3. The summed E-state index contributed by atoms with van der Waals surface area (Å²) in [5.41, 5.74) is 5.96. The quantitative estimate of drug-likeness (QED) is 0.0521. The molecule has 12 N–H and O–H groups in total. The van der Waals surface area contributed by atoms with Crippen molar-refractivity contribution in [2.24, 2.45) is 11.7 Å². The molecule has 0 saturated carbocycles. The maximum Gasteiger partial charge on any atom is 0.326 e. The Morgan fingerprint density at radius 3 is 1.58 bits per heavy atom. The van der Waals surface area contributed by atoms with Crippen LogP contribution in [0.3, 0.4) is 0 Å². The lowest BCUT2D eigenvalue weighted by molar-refractivity contribution is -0.144. The normalized spacial score (nSPS) is 14.1. The highest BCUT2D eigenvalue weighted by atomic mass is 16.4. The van der Waals surface area contributed by atoms with E-state index in [2.05, 4.69) is 31.9 Å². The van der Waals surface area contributed by atoms with Crippen molar-refractivity contribution in [3.63, 3.8) is 0 Å². The van der Waals surface area contributed by atoms with E-state index in [1.165, 1.54) is 20.8 Å². The minimum atomic E-state index is -1.82. The average molecular weight is 752 g/mol. The Morgan fingerprint density at radius 1 is 0.604 bits per heavy atom. The smallest absolute Gasteiger partial charge is 0.326 e. The predicted molar refractivity (Wildman–Crippen MR) is 180 cm³/mol. The molecule has 0 unspecified atom stereocenters. The maximum atomic E-state index is 13.3. The molecule has 0 fully saturated rings. The van der Waals surface area contributed by atoms with E-state index in [-0.39, 0.29) is 6.42 Å². The Labute approximate surface area is 302 Å². The van der Waals surface area contributed by atoms with E-state index < -0.39 is 134 Å². The van der Waals surface area contributed by atoms with E-state index in [0.29, 0.717) is 5.56 Å². The molecule has 0 bridgehead atoms. The first kappa shape index (κ1) is 44.9. The number of hydrogen-bond acceptors (Lipinski definition) is 11. The number of nitrogens with two attached hydrogens (primary N) is 1. The first-order chi connectivity index (χ1) is 24.7. The molecule has 0 aromatic heterocycles. The van der Waals surface area contributed by atoms with Gasteiger partial charge in [-0.2, -0.15) is 0 Å². The van der Waals surface area contributed by atoms with Crippen LogP contribution in [0.15, 0.2) is 30.3 Å². The van der Waals surface area contributed by atoms with Crippen LogP contribution in [0.1, 0.15) is 52.0 Å². The Hall–Kier alpha value is -6.12. The number of carbonyl (C=O) groups excluding carboxylic acids is 6. The molecule has 6 atom stereocenters. The monoisotopic (exact) mass is 751 g/mol. The van der Waals surface area contributed by atoms with Crippen LogP contribution in [0.25, 0.3) is 0 Å². The van der Waals surface area contributed by atoms with Crippen LogP contribution in [0.4, 0.5) is 0 Å². The molecule has 6 amide bonds. The van der Waals surface area contributed by atoms with E-state index in [9.17, 15) is 58.2 Å². The van der Waals surface area contributed by atoms with Crippen LogP contribution in [-0.2, 0) is 54.4 Å². The minimum absolute atomic E-state index is 0.224. The zero-order valence-electron chi connectivity index (χ0n) is 29.1. The van der Waals surface area contributed by atoms with Crippen molar-refractivity contribution in [2.45, 2.75) is 89.1 Å². The van der Waals surface area contributed by atoms with Crippen LogP contribution < -0.4 is 37.6 Å². The lowest BCUT2D eigenvalue weighted by Crippen LogP contribution is -2.58. The molecule has 0 spiro atoms. The number of carboxylic acid groups (broad SMARTS) is 4. The second-order valence-corrected chi connectivity index (χ2v) is 12.2. The molecular formula is C32H45N7O14. The fourth-order valence-corrected chi connectivity index (χ4v) is 4.51. The Morgan fingerprint density at radius 2 is 1.09 bits per heavy atom. The van der Waals surface area contributed by atoms with Crippen molar-refractivity contribution in [1.29, 1.82) is 0 Å². The number of carboxylic acids is 4. The highest BCUT2D eigenvalue weighted by molar-refractivity contribution is 5.97. The number of aliphatic carboxylic acids is 4. The van der Waals surface area contributed by atoms with Gasteiger partial charge < -0.3 is 58.1 Å². The summed E-state index contributed by atoms with van der Waals surface area (Å²) < 4.78 is 0. The fourth-order valence-electron chi connectivity index (χ4n) is 4.51. The molecule has 53 heavy (non-hydrogen) atoms. The molecule has 0 heterocycles. The topological polar surface area (TPSA) is 350 Å². The van der Waals surface area contributed by atoms with Gasteiger partial charge >= 0.3 is 23.9 Å². The Bertz CT molecular complexity index is 1520. The summed E-state index contributed by atoms with van der Waals surface area (Å²) in [5.74, 6) is -12.6. The highest BCUT2D eigenvalue weighted by Crippen LogP contribution is 2.08. The molecule has 0 radical (unpaired) electrons. The third-order valence-corrected chi connectivity index (χ3v) is 7.30. The molecule has 0 aliphatic rings. The van der Waals surface area contributed by atoms with Gasteiger partial charge in [-0.05, 0) is 24.8 Å². The number of rotatable bonds is 23.